The number of carbonyl (C=O) groups excluding carboxylic acids is 1. The first-order valence-corrected chi connectivity index (χ1v) is 5.95. The first-order valence-electron chi connectivity index (χ1n) is 5.95. The van der Waals surface area contributed by atoms with Crippen LogP contribution in [0, 0.1) is 0 Å². The fraction of sp³-hybridized carbons (Fsp3) is 0.500. The SMILES string of the molecule is C=C(C)C(=O)C(CC[N+](C)(C)C)c1ccc[nH]1. The van der Waals surface area contributed by atoms with Crippen LogP contribution in [0.15, 0.2) is 30.5 Å². The van der Waals surface area contributed by atoms with E-state index in [1.807, 2.05) is 18.3 Å². The van der Waals surface area contributed by atoms with E-state index in [1.165, 1.54) is 0 Å². The fourth-order valence-electron chi connectivity index (χ4n) is 1.80. The Balaban J connectivity index is 2.81. The number of nitrogens with one attached hydrogen (secondary N) is 1. The quantitative estimate of drug-likeness (QED) is 0.596. The van der Waals surface area contributed by atoms with E-state index >= 15 is 0 Å². The molecule has 0 aromatic carbocycles. The van der Waals surface area contributed by atoms with Gasteiger partial charge >= 0.3 is 0 Å². The van der Waals surface area contributed by atoms with Gasteiger partial charge in [-0.3, -0.25) is 4.79 Å². The van der Waals surface area contributed by atoms with Gasteiger partial charge in [-0.15, -0.1) is 0 Å². The number of ketones is 1. The number of quaternary nitrogens is 1. The van der Waals surface area contributed by atoms with E-state index in [1.54, 1.807) is 6.92 Å². The normalized spacial score (nSPS) is 13.4. The van der Waals surface area contributed by atoms with Crippen LogP contribution in [0.1, 0.15) is 25.0 Å². The minimum Gasteiger partial charge on any atom is -0.364 e. The Morgan fingerprint density at radius 1 is 1.47 bits per heavy atom. The van der Waals surface area contributed by atoms with E-state index in [9.17, 15) is 4.79 Å². The molecule has 0 aliphatic carbocycles. The zero-order valence-corrected chi connectivity index (χ0v) is 11.3. The van der Waals surface area contributed by atoms with Gasteiger partial charge in [-0.25, -0.2) is 0 Å². The molecule has 0 aliphatic rings. The van der Waals surface area contributed by atoms with Gasteiger partial charge in [0.25, 0.3) is 0 Å². The molecule has 0 spiro atoms. The average molecular weight is 235 g/mol. The van der Waals surface area contributed by atoms with Gasteiger partial charge in [-0.1, -0.05) is 6.58 Å². The van der Waals surface area contributed by atoms with E-state index in [0.29, 0.717) is 5.57 Å². The smallest absolute Gasteiger partial charge is 0.167 e. The summed E-state index contributed by atoms with van der Waals surface area (Å²) in [4.78, 5) is 15.3. The van der Waals surface area contributed by atoms with Gasteiger partial charge in [0.2, 0.25) is 0 Å². The van der Waals surface area contributed by atoms with Crippen molar-refractivity contribution in [3.8, 4) is 0 Å². The van der Waals surface area contributed by atoms with E-state index in [-0.39, 0.29) is 11.7 Å². The van der Waals surface area contributed by atoms with Crippen LogP contribution < -0.4 is 0 Å². The maximum absolute atomic E-state index is 12.1. The number of rotatable bonds is 6. The van der Waals surface area contributed by atoms with Gasteiger partial charge in [-0.2, -0.15) is 0 Å². The topological polar surface area (TPSA) is 32.9 Å². The Bertz CT molecular complexity index is 385. The molecular formula is C14H23N2O+. The molecule has 0 aliphatic heterocycles. The van der Waals surface area contributed by atoms with Crippen LogP contribution in [0.5, 0.6) is 0 Å². The summed E-state index contributed by atoms with van der Waals surface area (Å²) in [6.07, 6.45) is 2.70. The molecule has 1 unspecified atom stereocenters. The number of carbonyl (C=O) groups is 1. The van der Waals surface area contributed by atoms with Crippen molar-refractivity contribution in [3.05, 3.63) is 36.2 Å². The van der Waals surface area contributed by atoms with E-state index in [4.69, 9.17) is 0 Å². The molecule has 1 heterocycles. The molecule has 0 bridgehead atoms. The zero-order valence-electron chi connectivity index (χ0n) is 11.3. The highest BCUT2D eigenvalue weighted by molar-refractivity contribution is 5.99. The molecule has 1 atom stereocenters. The van der Waals surface area contributed by atoms with Crippen LogP contribution in [0.25, 0.3) is 0 Å². The second kappa shape index (κ2) is 5.32. The van der Waals surface area contributed by atoms with E-state index in [2.05, 4.69) is 32.7 Å². The van der Waals surface area contributed by atoms with Gasteiger partial charge in [0.05, 0.1) is 33.6 Å². The van der Waals surface area contributed by atoms with Gasteiger partial charge in [-0.05, 0) is 24.6 Å². The lowest BCUT2D eigenvalue weighted by atomic mass is 9.92. The van der Waals surface area contributed by atoms with Crippen molar-refractivity contribution in [3.63, 3.8) is 0 Å². The van der Waals surface area contributed by atoms with Gasteiger partial charge in [0, 0.05) is 18.3 Å². The molecule has 3 heteroatoms. The second-order valence-corrected chi connectivity index (χ2v) is 5.63. The van der Waals surface area contributed by atoms with Crippen LogP contribution in [0.4, 0.5) is 0 Å². The molecule has 94 valence electrons. The van der Waals surface area contributed by atoms with E-state index < -0.39 is 0 Å². The Kier molecular flexibility index (Phi) is 4.29. The number of hydrogen-bond donors (Lipinski definition) is 1. The Labute approximate surface area is 104 Å². The molecule has 17 heavy (non-hydrogen) atoms. The molecule has 1 aromatic rings. The number of hydrogen-bond acceptors (Lipinski definition) is 1. The Hall–Kier alpha value is -1.35. The lowest BCUT2D eigenvalue weighted by Gasteiger charge is -2.26. The summed E-state index contributed by atoms with van der Waals surface area (Å²) in [5, 5.41) is 0. The maximum atomic E-state index is 12.1. The van der Waals surface area contributed by atoms with E-state index in [0.717, 1.165) is 23.1 Å². The molecule has 0 saturated heterocycles. The zero-order chi connectivity index (χ0) is 13.1. The van der Waals surface area contributed by atoms with Gasteiger partial charge in [0.15, 0.2) is 5.78 Å². The van der Waals surface area contributed by atoms with Crippen molar-refractivity contribution < 1.29 is 9.28 Å². The van der Waals surface area contributed by atoms with Gasteiger partial charge in [0.1, 0.15) is 0 Å². The number of aromatic nitrogens is 1. The summed E-state index contributed by atoms with van der Waals surface area (Å²) in [6, 6.07) is 3.90. The van der Waals surface area contributed by atoms with Gasteiger partial charge < -0.3 is 9.47 Å². The number of H-pyrrole nitrogens is 1. The maximum Gasteiger partial charge on any atom is 0.167 e. The standard InChI is InChI=1S/C14H23N2O/c1-11(2)14(17)12(8-10-16(3,4)5)13-7-6-9-15-13/h6-7,9,12,15H,1,8,10H2,2-5H3/q+1. The minimum atomic E-state index is -0.0835. The van der Waals surface area contributed by atoms with Crippen LogP contribution in [-0.4, -0.2) is 42.9 Å². The lowest BCUT2D eigenvalue weighted by Crippen LogP contribution is -2.36. The predicted octanol–water partition coefficient (Wildman–Crippen LogP) is 2.34. The highest BCUT2D eigenvalue weighted by atomic mass is 16.1. The number of aromatic amines is 1. The molecule has 1 rings (SSSR count). The first-order chi connectivity index (χ1) is 7.81. The van der Waals surface area contributed by atoms with Crippen molar-refractivity contribution in [2.75, 3.05) is 27.7 Å². The summed E-state index contributed by atoms with van der Waals surface area (Å²) in [5.41, 5.74) is 1.62. The minimum absolute atomic E-state index is 0.0835. The summed E-state index contributed by atoms with van der Waals surface area (Å²) in [5.74, 6) is 0.0562. The summed E-state index contributed by atoms with van der Waals surface area (Å²) in [6.45, 7) is 6.50. The van der Waals surface area contributed by atoms with Crippen molar-refractivity contribution in [2.24, 2.45) is 0 Å². The number of Topliss-reactive ketones (excluding diaryl/α,β-unsaturated/α-hetero) is 1. The Morgan fingerprint density at radius 2 is 2.12 bits per heavy atom. The van der Waals surface area contributed by atoms with Crippen LogP contribution in [-0.2, 0) is 4.79 Å². The highest BCUT2D eigenvalue weighted by Crippen LogP contribution is 2.22. The van der Waals surface area contributed by atoms with Crippen molar-refractivity contribution in [1.82, 2.24) is 4.98 Å². The molecule has 0 fully saturated rings. The highest BCUT2D eigenvalue weighted by Gasteiger charge is 2.24. The summed E-state index contributed by atoms with van der Waals surface area (Å²) in [7, 11) is 6.41. The Morgan fingerprint density at radius 3 is 2.53 bits per heavy atom. The molecule has 1 aromatic heterocycles. The van der Waals surface area contributed by atoms with Crippen LogP contribution >= 0.6 is 0 Å². The average Bonchev–Trinajstić information content (AvgIpc) is 2.69. The first kappa shape index (κ1) is 13.7. The molecule has 0 radical (unpaired) electrons. The predicted molar refractivity (Wildman–Crippen MR) is 70.9 cm³/mol. The van der Waals surface area contributed by atoms with Crippen molar-refractivity contribution >= 4 is 5.78 Å². The summed E-state index contributed by atoms with van der Waals surface area (Å²) >= 11 is 0. The monoisotopic (exact) mass is 235 g/mol. The third-order valence-corrected chi connectivity index (χ3v) is 2.82. The molecule has 0 saturated carbocycles. The van der Waals surface area contributed by atoms with Crippen LogP contribution in [0.2, 0.25) is 0 Å². The fourth-order valence-corrected chi connectivity index (χ4v) is 1.80. The third-order valence-electron chi connectivity index (χ3n) is 2.82. The lowest BCUT2D eigenvalue weighted by molar-refractivity contribution is -0.870. The largest absolute Gasteiger partial charge is 0.364 e. The molecular weight excluding hydrogens is 212 g/mol. The molecule has 0 amide bonds. The molecule has 3 nitrogen and oxygen atoms in total. The molecule has 1 N–H and O–H groups in total. The van der Waals surface area contributed by atoms with Crippen LogP contribution in [0.3, 0.4) is 0 Å². The third kappa shape index (κ3) is 4.19. The van der Waals surface area contributed by atoms with Crippen molar-refractivity contribution in [2.45, 2.75) is 19.3 Å². The number of allylic oxidation sites excluding steroid dienone is 1. The second-order valence-electron chi connectivity index (χ2n) is 5.63. The number of nitrogens with zero attached hydrogens (tertiary/aromatic N) is 1. The van der Waals surface area contributed by atoms with Crippen molar-refractivity contribution in [1.29, 1.82) is 0 Å². The summed E-state index contributed by atoms with van der Waals surface area (Å²) < 4.78 is 0.862.